The second kappa shape index (κ2) is 13.8. The van der Waals surface area contributed by atoms with E-state index < -0.39 is 52.6 Å². The molecule has 0 radical (unpaired) electrons. The Bertz CT molecular complexity index is 2210. The fraction of sp³-hybridized carbons (Fsp3) is 0.318. The quantitative estimate of drug-likeness (QED) is 0.157. The standard InChI is InChI=1S/C44H40ClFN4O5/c45-28-12-10-27(11-13-28)44-36(41(53)50(43(44)55)47-30-16-14-29(46)15-17-30)24-35-32(39(44)33-8-4-5-9-37(33)51)18-19-34-38(35)42(54)49(40(34)52)31-20-22-48(23-21-31)25-26-6-2-1-3-7-26/h1-18,31,34-36,38-39,47,51H,19-25H2. The lowest BCUT2D eigenvalue weighted by Crippen LogP contribution is -2.53. The lowest BCUT2D eigenvalue weighted by molar-refractivity contribution is -0.144. The number of aromatic hydroxyl groups is 1. The molecule has 3 saturated heterocycles. The number of rotatable bonds is 7. The molecule has 2 aliphatic carbocycles. The highest BCUT2D eigenvalue weighted by molar-refractivity contribution is 6.30. The minimum absolute atomic E-state index is 0.0498. The van der Waals surface area contributed by atoms with Gasteiger partial charge in [-0.15, -0.1) is 0 Å². The van der Waals surface area contributed by atoms with Gasteiger partial charge in [0.25, 0.3) is 11.8 Å². The SMILES string of the molecule is O=C1C2CC3C(=CCC4C(=O)N(C5CCN(Cc6ccccc6)CC5)C(=O)C43)C(c3ccccc3O)C2(c2ccc(Cl)cc2)C(=O)N1Nc1ccc(F)cc1. The minimum atomic E-state index is -1.56. The van der Waals surface area contributed by atoms with E-state index in [0.717, 1.165) is 30.2 Å². The van der Waals surface area contributed by atoms with Crippen LogP contribution in [0.5, 0.6) is 5.75 Å². The van der Waals surface area contributed by atoms with Crippen LogP contribution in [0.3, 0.4) is 0 Å². The van der Waals surface area contributed by atoms with Gasteiger partial charge in [0.05, 0.1) is 28.9 Å². The van der Waals surface area contributed by atoms with Gasteiger partial charge in [-0.25, -0.2) is 4.39 Å². The highest BCUT2D eigenvalue weighted by Crippen LogP contribution is 2.65. The van der Waals surface area contributed by atoms with Crippen LogP contribution in [0.4, 0.5) is 10.1 Å². The number of phenolic OH excluding ortho intramolecular Hbond substituents is 1. The molecule has 9 rings (SSSR count). The number of para-hydroxylation sites is 1. The lowest BCUT2D eigenvalue weighted by Gasteiger charge is -2.50. The monoisotopic (exact) mass is 758 g/mol. The van der Waals surface area contributed by atoms with Gasteiger partial charge in [0.1, 0.15) is 11.6 Å². The van der Waals surface area contributed by atoms with Gasteiger partial charge < -0.3 is 5.11 Å². The number of hydrazine groups is 1. The summed E-state index contributed by atoms with van der Waals surface area (Å²) in [5.74, 6) is -5.66. The third kappa shape index (κ3) is 5.68. The zero-order valence-electron chi connectivity index (χ0n) is 30.0. The van der Waals surface area contributed by atoms with E-state index >= 15 is 4.79 Å². The summed E-state index contributed by atoms with van der Waals surface area (Å²) in [6.45, 7) is 2.32. The molecule has 3 heterocycles. The molecule has 1 saturated carbocycles. The van der Waals surface area contributed by atoms with Crippen LogP contribution in [0, 0.1) is 29.5 Å². The summed E-state index contributed by atoms with van der Waals surface area (Å²) in [7, 11) is 0. The molecule has 280 valence electrons. The summed E-state index contributed by atoms with van der Waals surface area (Å²) in [6, 6.07) is 29.0. The Morgan fingerprint density at radius 2 is 1.49 bits per heavy atom. The molecule has 55 heavy (non-hydrogen) atoms. The highest BCUT2D eigenvalue weighted by atomic mass is 35.5. The minimum Gasteiger partial charge on any atom is -0.508 e. The summed E-state index contributed by atoms with van der Waals surface area (Å²) in [4.78, 5) is 62.9. The molecule has 6 atom stereocenters. The normalized spacial score (nSPS) is 28.2. The molecule has 0 bridgehead atoms. The fourth-order valence-corrected chi connectivity index (χ4v) is 10.4. The number of amides is 4. The molecule has 4 amide bonds. The molecule has 4 aromatic carbocycles. The van der Waals surface area contributed by atoms with E-state index in [0.29, 0.717) is 41.1 Å². The van der Waals surface area contributed by atoms with Crippen molar-refractivity contribution in [1.29, 1.82) is 0 Å². The smallest absolute Gasteiger partial charge is 0.260 e. The molecule has 9 nitrogen and oxygen atoms in total. The molecular weight excluding hydrogens is 719 g/mol. The summed E-state index contributed by atoms with van der Waals surface area (Å²) in [5, 5.41) is 13.0. The number of nitrogens with zero attached hydrogens (tertiary/aromatic N) is 3. The highest BCUT2D eigenvalue weighted by Gasteiger charge is 2.70. The number of phenols is 1. The van der Waals surface area contributed by atoms with Crippen LogP contribution in [0.25, 0.3) is 0 Å². The van der Waals surface area contributed by atoms with Crippen LogP contribution in [0.15, 0.2) is 115 Å². The molecule has 3 aliphatic heterocycles. The van der Waals surface area contributed by atoms with Crippen molar-refractivity contribution in [3.8, 4) is 5.75 Å². The average Bonchev–Trinajstić information content (AvgIpc) is 3.57. The van der Waals surface area contributed by atoms with Crippen LogP contribution in [0.2, 0.25) is 5.02 Å². The molecular formula is C44H40ClFN4O5. The molecule has 6 unspecified atom stereocenters. The Balaban J connectivity index is 1.10. The van der Waals surface area contributed by atoms with Gasteiger partial charge in [0.15, 0.2) is 0 Å². The molecule has 0 spiro atoms. The van der Waals surface area contributed by atoms with Crippen molar-refractivity contribution in [1.82, 2.24) is 14.8 Å². The Kier molecular flexibility index (Phi) is 8.85. The maximum Gasteiger partial charge on any atom is 0.260 e. The van der Waals surface area contributed by atoms with Gasteiger partial charge >= 0.3 is 0 Å². The second-order valence-electron chi connectivity index (χ2n) is 15.5. The molecule has 2 N–H and O–H groups in total. The fourth-order valence-electron chi connectivity index (χ4n) is 10.3. The summed E-state index contributed by atoms with van der Waals surface area (Å²) >= 11 is 6.37. The average molecular weight is 759 g/mol. The number of allylic oxidation sites excluding steroid dienone is 2. The van der Waals surface area contributed by atoms with Gasteiger partial charge in [-0.3, -0.25) is 34.4 Å². The van der Waals surface area contributed by atoms with Crippen molar-refractivity contribution >= 4 is 40.9 Å². The number of hydrogen-bond acceptors (Lipinski definition) is 7. The summed E-state index contributed by atoms with van der Waals surface area (Å²) in [6.07, 6.45) is 3.77. The number of fused-ring (bicyclic) bond motifs is 4. The number of halogens is 2. The number of piperidine rings is 1. The van der Waals surface area contributed by atoms with Crippen LogP contribution >= 0.6 is 11.6 Å². The van der Waals surface area contributed by atoms with Crippen LogP contribution in [-0.4, -0.2) is 62.7 Å². The first-order valence-electron chi connectivity index (χ1n) is 18.9. The molecule has 4 fully saturated rings. The van der Waals surface area contributed by atoms with E-state index in [9.17, 15) is 23.9 Å². The second-order valence-corrected chi connectivity index (χ2v) is 15.9. The van der Waals surface area contributed by atoms with Crippen molar-refractivity contribution in [2.45, 2.75) is 49.6 Å². The van der Waals surface area contributed by atoms with Gasteiger partial charge in [-0.2, -0.15) is 5.01 Å². The zero-order chi connectivity index (χ0) is 38.0. The topological polar surface area (TPSA) is 110 Å². The number of nitrogens with one attached hydrogen (secondary N) is 1. The largest absolute Gasteiger partial charge is 0.508 e. The third-order valence-electron chi connectivity index (χ3n) is 12.7. The Morgan fingerprint density at radius 1 is 0.800 bits per heavy atom. The Morgan fingerprint density at radius 3 is 2.20 bits per heavy atom. The maximum absolute atomic E-state index is 15.2. The van der Waals surface area contributed by atoms with Crippen molar-refractivity contribution in [3.63, 3.8) is 0 Å². The number of imide groups is 2. The molecule has 11 heteroatoms. The van der Waals surface area contributed by atoms with Gasteiger partial charge in [-0.1, -0.05) is 83.9 Å². The van der Waals surface area contributed by atoms with Gasteiger partial charge in [-0.05, 0) is 85.2 Å². The van der Waals surface area contributed by atoms with Crippen LogP contribution in [-0.2, 0) is 31.1 Å². The number of benzene rings is 4. The molecule has 5 aliphatic rings. The third-order valence-corrected chi connectivity index (χ3v) is 13.0. The lowest BCUT2D eigenvalue weighted by atomic mass is 9.49. The summed E-state index contributed by atoms with van der Waals surface area (Å²) < 4.78 is 13.9. The number of anilines is 1. The first-order chi connectivity index (χ1) is 26.7. The van der Waals surface area contributed by atoms with E-state index in [1.165, 1.54) is 34.7 Å². The van der Waals surface area contributed by atoms with Crippen molar-refractivity contribution in [2.75, 3.05) is 18.5 Å². The van der Waals surface area contributed by atoms with Crippen molar-refractivity contribution < 1.29 is 28.7 Å². The number of hydrogen-bond donors (Lipinski definition) is 2. The predicted molar refractivity (Wildman–Crippen MR) is 204 cm³/mol. The van der Waals surface area contributed by atoms with E-state index in [1.54, 1.807) is 48.5 Å². The maximum atomic E-state index is 15.2. The van der Waals surface area contributed by atoms with E-state index in [2.05, 4.69) is 22.5 Å². The van der Waals surface area contributed by atoms with Crippen LogP contribution < -0.4 is 5.43 Å². The van der Waals surface area contributed by atoms with Crippen molar-refractivity contribution in [2.24, 2.45) is 23.7 Å². The molecule has 4 aromatic rings. The van der Waals surface area contributed by atoms with E-state index in [1.807, 2.05) is 24.3 Å². The summed E-state index contributed by atoms with van der Waals surface area (Å²) in [5.41, 5.74) is 4.70. The first kappa shape index (κ1) is 35.4. The van der Waals surface area contributed by atoms with Gasteiger partial charge in [0.2, 0.25) is 11.8 Å². The Hall–Kier alpha value is -5.32. The van der Waals surface area contributed by atoms with Crippen LogP contribution in [0.1, 0.15) is 48.3 Å². The van der Waals surface area contributed by atoms with Gasteiger partial charge in [0, 0.05) is 42.2 Å². The van der Waals surface area contributed by atoms with Crippen molar-refractivity contribution in [3.05, 3.63) is 142 Å². The zero-order valence-corrected chi connectivity index (χ0v) is 30.7. The number of carbonyl (C=O) groups is 4. The molecule has 0 aromatic heterocycles. The number of carbonyl (C=O) groups excluding carboxylic acids is 4. The van der Waals surface area contributed by atoms with E-state index in [-0.39, 0.29) is 30.0 Å². The van der Waals surface area contributed by atoms with E-state index in [4.69, 9.17) is 11.6 Å². The predicted octanol–water partition coefficient (Wildman–Crippen LogP) is 6.83. The number of likely N-dealkylation sites (tertiary alicyclic amines) is 2. The first-order valence-corrected chi connectivity index (χ1v) is 19.3. The Labute approximate surface area is 323 Å².